The number of benzene rings is 1. The van der Waals surface area contributed by atoms with Gasteiger partial charge >= 0.3 is 0 Å². The highest BCUT2D eigenvalue weighted by molar-refractivity contribution is 6.32. The lowest BCUT2D eigenvalue weighted by Crippen LogP contribution is -2.02. The molecule has 7 nitrogen and oxygen atoms in total. The van der Waals surface area contributed by atoms with Crippen molar-refractivity contribution in [2.75, 3.05) is 23.0 Å². The van der Waals surface area contributed by atoms with Crippen LogP contribution < -0.4 is 16.0 Å². The van der Waals surface area contributed by atoms with Gasteiger partial charge in [-0.2, -0.15) is 10.1 Å². The maximum atomic E-state index is 14.0. The molecule has 2 heterocycles. The molecule has 0 fully saturated rings. The molecule has 24 heavy (non-hydrogen) atoms. The lowest BCUT2D eigenvalue weighted by molar-refractivity contribution is 0.632. The molecule has 0 aliphatic heterocycles. The van der Waals surface area contributed by atoms with E-state index in [1.54, 1.807) is 43.3 Å². The molecular formula is C15H15ClFN7. The molecule has 0 radical (unpaired) electrons. The minimum Gasteiger partial charge on any atom is -0.388 e. The molecule has 1 aromatic carbocycles. The normalized spacial score (nSPS) is 10.5. The summed E-state index contributed by atoms with van der Waals surface area (Å²) in [5.41, 5.74) is 1.75. The van der Waals surface area contributed by atoms with Crippen LogP contribution in [0.3, 0.4) is 0 Å². The van der Waals surface area contributed by atoms with E-state index in [1.807, 2.05) is 0 Å². The first-order chi connectivity index (χ1) is 11.5. The molecule has 3 aromatic rings. The first-order valence-corrected chi connectivity index (χ1v) is 7.45. The predicted octanol–water partition coefficient (Wildman–Crippen LogP) is 3.53. The number of hydrogen-bond donors (Lipinski definition) is 3. The lowest BCUT2D eigenvalue weighted by atomic mass is 10.2. The van der Waals surface area contributed by atoms with Gasteiger partial charge in [0.15, 0.2) is 5.82 Å². The molecule has 0 amide bonds. The molecule has 3 N–H and O–H groups in total. The molecule has 0 aliphatic carbocycles. The zero-order valence-corrected chi connectivity index (χ0v) is 13.8. The van der Waals surface area contributed by atoms with Gasteiger partial charge in [0, 0.05) is 26.0 Å². The summed E-state index contributed by atoms with van der Waals surface area (Å²) in [6.45, 7) is 0. The van der Waals surface area contributed by atoms with Gasteiger partial charge in [0.05, 0.1) is 23.8 Å². The second-order valence-electron chi connectivity index (χ2n) is 4.99. The van der Waals surface area contributed by atoms with Crippen molar-refractivity contribution in [3.63, 3.8) is 0 Å². The zero-order valence-electron chi connectivity index (χ0n) is 13.0. The molecule has 0 saturated heterocycles. The van der Waals surface area contributed by atoms with Crippen LogP contribution in [0.25, 0.3) is 0 Å². The Bertz CT molecular complexity index is 865. The van der Waals surface area contributed by atoms with Gasteiger partial charge in [0.2, 0.25) is 5.95 Å². The van der Waals surface area contributed by atoms with Crippen LogP contribution in [0.15, 0.2) is 36.8 Å². The maximum Gasteiger partial charge on any atom is 0.229 e. The first-order valence-electron chi connectivity index (χ1n) is 7.07. The topological polar surface area (TPSA) is 79.7 Å². The Balaban J connectivity index is 1.86. The van der Waals surface area contributed by atoms with Gasteiger partial charge in [-0.1, -0.05) is 11.6 Å². The molecule has 124 valence electrons. The van der Waals surface area contributed by atoms with Crippen molar-refractivity contribution < 1.29 is 4.39 Å². The molecule has 0 bridgehead atoms. The highest BCUT2D eigenvalue weighted by atomic mass is 35.5. The summed E-state index contributed by atoms with van der Waals surface area (Å²) in [6.07, 6.45) is 4.86. The Morgan fingerprint density at radius 3 is 2.71 bits per heavy atom. The second-order valence-corrected chi connectivity index (χ2v) is 5.39. The van der Waals surface area contributed by atoms with Crippen LogP contribution in [0.1, 0.15) is 0 Å². The summed E-state index contributed by atoms with van der Waals surface area (Å²) in [7, 11) is 3.56. The van der Waals surface area contributed by atoms with Crippen molar-refractivity contribution in [2.24, 2.45) is 7.05 Å². The van der Waals surface area contributed by atoms with Gasteiger partial charge in [-0.05, 0) is 18.2 Å². The highest BCUT2D eigenvalue weighted by Gasteiger charge is 2.10. The van der Waals surface area contributed by atoms with E-state index in [9.17, 15) is 4.39 Å². The molecule has 0 unspecified atom stereocenters. The third-order valence-electron chi connectivity index (χ3n) is 3.21. The van der Waals surface area contributed by atoms with Gasteiger partial charge in [0.1, 0.15) is 10.8 Å². The number of anilines is 5. The summed E-state index contributed by atoms with van der Waals surface area (Å²) in [5.74, 6) is 0.204. The van der Waals surface area contributed by atoms with Crippen molar-refractivity contribution in [2.45, 2.75) is 0 Å². The van der Waals surface area contributed by atoms with Crippen LogP contribution in [0.5, 0.6) is 0 Å². The Labute approximate surface area is 142 Å². The van der Waals surface area contributed by atoms with Crippen molar-refractivity contribution >= 4 is 40.4 Å². The average molecular weight is 348 g/mol. The van der Waals surface area contributed by atoms with E-state index in [1.165, 1.54) is 12.3 Å². The van der Waals surface area contributed by atoms with Crippen LogP contribution in [-0.4, -0.2) is 26.8 Å². The molecular weight excluding hydrogens is 333 g/mol. The molecule has 0 saturated carbocycles. The number of halogens is 2. The standard InChI is InChI=1S/C15H15ClFN7/c1-18-9-3-4-12(17)13(5-9)22-14-11(16)7-19-15(23-14)21-10-6-20-24(2)8-10/h3-8,18H,1-2H3,(H2,19,21,22,23). The molecule has 0 spiro atoms. The molecule has 9 heteroatoms. The van der Waals surface area contributed by atoms with Gasteiger partial charge in [0.25, 0.3) is 0 Å². The highest BCUT2D eigenvalue weighted by Crippen LogP contribution is 2.27. The number of rotatable bonds is 5. The summed E-state index contributed by atoms with van der Waals surface area (Å²) in [4.78, 5) is 8.38. The largest absolute Gasteiger partial charge is 0.388 e. The fourth-order valence-electron chi connectivity index (χ4n) is 2.03. The summed E-state index contributed by atoms with van der Waals surface area (Å²) in [5, 5.41) is 13.2. The molecule has 0 atom stereocenters. The Morgan fingerprint density at radius 2 is 2.00 bits per heavy atom. The minimum absolute atomic E-state index is 0.259. The van der Waals surface area contributed by atoms with Gasteiger partial charge in [-0.3, -0.25) is 4.68 Å². The zero-order chi connectivity index (χ0) is 17.1. The Kier molecular flexibility index (Phi) is 4.48. The van der Waals surface area contributed by atoms with Gasteiger partial charge < -0.3 is 16.0 Å². The van der Waals surface area contributed by atoms with Crippen LogP contribution in [0, 0.1) is 5.82 Å². The number of nitrogens with zero attached hydrogens (tertiary/aromatic N) is 4. The number of aromatic nitrogens is 4. The van der Waals surface area contributed by atoms with Crippen LogP contribution in [0.4, 0.5) is 33.2 Å². The summed E-state index contributed by atoms with van der Waals surface area (Å²) < 4.78 is 15.6. The average Bonchev–Trinajstić information content (AvgIpc) is 2.97. The van der Waals surface area contributed by atoms with E-state index in [-0.39, 0.29) is 10.7 Å². The fourth-order valence-corrected chi connectivity index (χ4v) is 2.17. The SMILES string of the molecule is CNc1ccc(F)c(Nc2nc(Nc3cnn(C)c3)ncc2Cl)c1. The van der Waals surface area contributed by atoms with E-state index in [0.717, 1.165) is 11.4 Å². The van der Waals surface area contributed by atoms with Crippen molar-refractivity contribution in [3.8, 4) is 0 Å². The van der Waals surface area contributed by atoms with Crippen LogP contribution in [0.2, 0.25) is 5.02 Å². The minimum atomic E-state index is -0.412. The van der Waals surface area contributed by atoms with E-state index in [4.69, 9.17) is 11.6 Å². The molecule has 0 aliphatic rings. The summed E-state index contributed by atoms with van der Waals surface area (Å²) >= 11 is 6.11. The quantitative estimate of drug-likeness (QED) is 0.655. The lowest BCUT2D eigenvalue weighted by Gasteiger charge is -2.11. The maximum absolute atomic E-state index is 14.0. The van der Waals surface area contributed by atoms with E-state index in [2.05, 4.69) is 31.0 Å². The van der Waals surface area contributed by atoms with Gasteiger partial charge in [-0.25, -0.2) is 9.37 Å². The molecule has 3 rings (SSSR count). The molecule has 2 aromatic heterocycles. The van der Waals surface area contributed by atoms with Crippen molar-refractivity contribution in [3.05, 3.63) is 47.6 Å². The third-order valence-corrected chi connectivity index (χ3v) is 3.49. The summed E-state index contributed by atoms with van der Waals surface area (Å²) in [6, 6.07) is 4.62. The van der Waals surface area contributed by atoms with E-state index in [0.29, 0.717) is 11.8 Å². The van der Waals surface area contributed by atoms with E-state index < -0.39 is 5.82 Å². The van der Waals surface area contributed by atoms with Crippen molar-refractivity contribution in [1.82, 2.24) is 19.7 Å². The van der Waals surface area contributed by atoms with Crippen LogP contribution >= 0.6 is 11.6 Å². The smallest absolute Gasteiger partial charge is 0.229 e. The monoisotopic (exact) mass is 347 g/mol. The van der Waals surface area contributed by atoms with E-state index >= 15 is 0 Å². The first kappa shape index (κ1) is 16.0. The fraction of sp³-hybridized carbons (Fsp3) is 0.133. The second kappa shape index (κ2) is 6.71. The predicted molar refractivity (Wildman–Crippen MR) is 92.8 cm³/mol. The Morgan fingerprint density at radius 1 is 1.17 bits per heavy atom. The third kappa shape index (κ3) is 3.54. The van der Waals surface area contributed by atoms with Gasteiger partial charge in [-0.15, -0.1) is 0 Å². The van der Waals surface area contributed by atoms with Crippen LogP contribution in [-0.2, 0) is 7.05 Å². The number of nitrogens with one attached hydrogen (secondary N) is 3. The van der Waals surface area contributed by atoms with Crippen molar-refractivity contribution in [1.29, 1.82) is 0 Å². The number of hydrogen-bond acceptors (Lipinski definition) is 6. The Hall–Kier alpha value is -2.87. The number of aryl methyl sites for hydroxylation is 1.